The van der Waals surface area contributed by atoms with Crippen LogP contribution in [0.4, 0.5) is 15.8 Å². The first-order valence-corrected chi connectivity index (χ1v) is 8.97. The predicted molar refractivity (Wildman–Crippen MR) is 103 cm³/mol. The van der Waals surface area contributed by atoms with Gasteiger partial charge in [-0.2, -0.15) is 0 Å². The molecule has 2 unspecified atom stereocenters. The highest BCUT2D eigenvalue weighted by Crippen LogP contribution is 2.38. The van der Waals surface area contributed by atoms with Crippen LogP contribution in [0.25, 0.3) is 0 Å². The lowest BCUT2D eigenvalue weighted by Crippen LogP contribution is -2.20. The summed E-state index contributed by atoms with van der Waals surface area (Å²) in [6.07, 6.45) is 0.787. The number of hydrogen-bond acceptors (Lipinski definition) is 4. The molecule has 2 amide bonds. The van der Waals surface area contributed by atoms with Gasteiger partial charge in [0.15, 0.2) is 0 Å². The molecule has 1 aliphatic carbocycles. The number of anilines is 2. The monoisotopic (exact) mass is 404 g/mol. The molecule has 2 aromatic carbocycles. The Hall–Kier alpha value is -2.93. The molecule has 0 aliphatic heterocycles. The molecule has 28 heavy (non-hydrogen) atoms. The van der Waals surface area contributed by atoms with Gasteiger partial charge in [-0.05, 0) is 48.7 Å². The Morgan fingerprint density at radius 2 is 1.82 bits per heavy atom. The molecule has 0 bridgehead atoms. The molecule has 146 valence electrons. The summed E-state index contributed by atoms with van der Waals surface area (Å²) < 4.78 is 18.4. The van der Waals surface area contributed by atoms with Crippen LogP contribution in [0.1, 0.15) is 34.1 Å². The van der Waals surface area contributed by atoms with Gasteiger partial charge < -0.3 is 15.4 Å². The summed E-state index contributed by atoms with van der Waals surface area (Å²) >= 11 is 5.96. The minimum Gasteiger partial charge on any atom is -0.465 e. The maximum absolute atomic E-state index is 13.7. The highest BCUT2D eigenvalue weighted by Gasteiger charge is 2.39. The Morgan fingerprint density at radius 1 is 1.11 bits per heavy atom. The maximum Gasteiger partial charge on any atom is 0.339 e. The standard InChI is InChI=1S/C20H18ClFN2O4/c1-10-7-13(10)18(25)24-17-6-3-11(22)8-15(17)19(26)23-12-4-5-16(21)14(9-12)20(27)28-2/h3-6,8-10,13H,7H2,1-2H3,(H,23,26)(H,24,25). The van der Waals surface area contributed by atoms with Gasteiger partial charge in [-0.15, -0.1) is 0 Å². The molecular formula is C20H18ClFN2O4. The summed E-state index contributed by atoms with van der Waals surface area (Å²) in [6, 6.07) is 7.84. The number of halogens is 2. The molecule has 2 atom stereocenters. The largest absolute Gasteiger partial charge is 0.465 e. The van der Waals surface area contributed by atoms with E-state index in [4.69, 9.17) is 11.6 Å². The first kappa shape index (κ1) is 19.8. The summed E-state index contributed by atoms with van der Waals surface area (Å²) in [5.41, 5.74) is 0.533. The molecule has 2 aromatic rings. The number of nitrogens with one attached hydrogen (secondary N) is 2. The van der Waals surface area contributed by atoms with E-state index in [1.54, 1.807) is 0 Å². The molecule has 0 saturated heterocycles. The van der Waals surface area contributed by atoms with E-state index in [1.807, 2.05) is 6.92 Å². The number of hydrogen-bond donors (Lipinski definition) is 2. The van der Waals surface area contributed by atoms with Gasteiger partial charge in [0.1, 0.15) is 5.82 Å². The Balaban J connectivity index is 1.83. The molecule has 0 radical (unpaired) electrons. The van der Waals surface area contributed by atoms with Gasteiger partial charge >= 0.3 is 5.97 Å². The lowest BCUT2D eigenvalue weighted by Gasteiger charge is -2.12. The second-order valence-corrected chi connectivity index (χ2v) is 7.05. The first-order chi connectivity index (χ1) is 13.3. The molecule has 0 heterocycles. The Labute approximate surface area is 166 Å². The van der Waals surface area contributed by atoms with Crippen LogP contribution in [0.3, 0.4) is 0 Å². The molecule has 1 saturated carbocycles. The maximum atomic E-state index is 13.7. The molecule has 2 N–H and O–H groups in total. The summed E-state index contributed by atoms with van der Waals surface area (Å²) in [7, 11) is 1.21. The van der Waals surface area contributed by atoms with Crippen molar-refractivity contribution in [1.29, 1.82) is 0 Å². The van der Waals surface area contributed by atoms with E-state index in [0.717, 1.165) is 12.5 Å². The van der Waals surface area contributed by atoms with E-state index in [-0.39, 0.29) is 39.3 Å². The van der Waals surface area contributed by atoms with Crippen LogP contribution in [-0.4, -0.2) is 24.9 Å². The smallest absolute Gasteiger partial charge is 0.339 e. The zero-order valence-electron chi connectivity index (χ0n) is 15.2. The van der Waals surface area contributed by atoms with Crippen molar-refractivity contribution in [2.75, 3.05) is 17.7 Å². The van der Waals surface area contributed by atoms with Crippen molar-refractivity contribution in [3.05, 3.63) is 58.4 Å². The lowest BCUT2D eigenvalue weighted by molar-refractivity contribution is -0.117. The summed E-state index contributed by atoms with van der Waals surface area (Å²) in [6.45, 7) is 1.96. The average molecular weight is 405 g/mol. The van der Waals surface area contributed by atoms with E-state index in [9.17, 15) is 18.8 Å². The fourth-order valence-corrected chi connectivity index (χ4v) is 2.99. The van der Waals surface area contributed by atoms with Crippen molar-refractivity contribution in [1.82, 2.24) is 0 Å². The van der Waals surface area contributed by atoms with Crippen molar-refractivity contribution in [2.45, 2.75) is 13.3 Å². The molecule has 1 fully saturated rings. The third-order valence-corrected chi connectivity index (χ3v) is 4.89. The van der Waals surface area contributed by atoms with Crippen LogP contribution in [0.15, 0.2) is 36.4 Å². The van der Waals surface area contributed by atoms with Crippen LogP contribution >= 0.6 is 11.6 Å². The van der Waals surface area contributed by atoms with Gasteiger partial charge in [0.05, 0.1) is 28.9 Å². The SMILES string of the molecule is COC(=O)c1cc(NC(=O)c2cc(F)ccc2NC(=O)C2CC2C)ccc1Cl. The van der Waals surface area contributed by atoms with Gasteiger partial charge in [-0.1, -0.05) is 18.5 Å². The predicted octanol–water partition coefficient (Wildman–Crippen LogP) is 4.11. The zero-order chi connectivity index (χ0) is 20.4. The Bertz CT molecular complexity index is 963. The fraction of sp³-hybridized carbons (Fsp3) is 0.250. The number of carbonyl (C=O) groups is 3. The minimum absolute atomic E-state index is 0.0313. The van der Waals surface area contributed by atoms with Crippen molar-refractivity contribution in [3.8, 4) is 0 Å². The number of rotatable bonds is 5. The molecule has 6 nitrogen and oxygen atoms in total. The van der Waals surface area contributed by atoms with Crippen LogP contribution in [0.2, 0.25) is 5.02 Å². The van der Waals surface area contributed by atoms with Crippen LogP contribution in [0, 0.1) is 17.7 Å². The van der Waals surface area contributed by atoms with Crippen molar-refractivity contribution in [3.63, 3.8) is 0 Å². The van der Waals surface area contributed by atoms with Crippen molar-refractivity contribution >= 4 is 40.8 Å². The quantitative estimate of drug-likeness (QED) is 0.734. The summed E-state index contributed by atoms with van der Waals surface area (Å²) in [4.78, 5) is 36.6. The van der Waals surface area contributed by atoms with E-state index in [0.29, 0.717) is 5.92 Å². The van der Waals surface area contributed by atoms with E-state index >= 15 is 0 Å². The molecule has 8 heteroatoms. The minimum atomic E-state index is -0.654. The van der Waals surface area contributed by atoms with E-state index < -0.39 is 17.7 Å². The number of ether oxygens (including phenoxy) is 1. The van der Waals surface area contributed by atoms with E-state index in [2.05, 4.69) is 15.4 Å². The average Bonchev–Trinajstić information content (AvgIpc) is 3.40. The van der Waals surface area contributed by atoms with Crippen LogP contribution in [0.5, 0.6) is 0 Å². The first-order valence-electron chi connectivity index (χ1n) is 8.59. The highest BCUT2D eigenvalue weighted by molar-refractivity contribution is 6.33. The van der Waals surface area contributed by atoms with Crippen LogP contribution < -0.4 is 10.6 Å². The third kappa shape index (κ3) is 4.31. The molecule has 1 aliphatic rings. The van der Waals surface area contributed by atoms with Crippen LogP contribution in [-0.2, 0) is 9.53 Å². The lowest BCUT2D eigenvalue weighted by atomic mass is 10.1. The number of amides is 2. The zero-order valence-corrected chi connectivity index (χ0v) is 16.0. The van der Waals surface area contributed by atoms with Gasteiger partial charge in [0, 0.05) is 11.6 Å². The molecule has 0 aromatic heterocycles. The fourth-order valence-electron chi connectivity index (χ4n) is 2.79. The molecule has 0 spiro atoms. The van der Waals surface area contributed by atoms with Gasteiger partial charge in [-0.25, -0.2) is 9.18 Å². The molecular weight excluding hydrogens is 387 g/mol. The summed E-state index contributed by atoms with van der Waals surface area (Å²) in [5, 5.41) is 5.43. The number of methoxy groups -OCH3 is 1. The van der Waals surface area contributed by atoms with Crippen molar-refractivity contribution in [2.24, 2.45) is 11.8 Å². The summed E-state index contributed by atoms with van der Waals surface area (Å²) in [5.74, 6) is -1.92. The van der Waals surface area contributed by atoms with E-state index in [1.165, 1.54) is 37.4 Å². The van der Waals surface area contributed by atoms with Gasteiger partial charge in [-0.3, -0.25) is 9.59 Å². The normalized spacial score (nSPS) is 17.6. The third-order valence-electron chi connectivity index (χ3n) is 4.56. The number of esters is 1. The Kier molecular flexibility index (Phi) is 5.65. The van der Waals surface area contributed by atoms with Gasteiger partial charge in [0.25, 0.3) is 5.91 Å². The highest BCUT2D eigenvalue weighted by atomic mass is 35.5. The number of carbonyl (C=O) groups excluding carboxylic acids is 3. The van der Waals surface area contributed by atoms with Gasteiger partial charge in [0.2, 0.25) is 5.91 Å². The molecule has 3 rings (SSSR count). The Morgan fingerprint density at radius 3 is 2.46 bits per heavy atom. The number of benzene rings is 2. The second kappa shape index (κ2) is 7.98. The van der Waals surface area contributed by atoms with Crippen molar-refractivity contribution < 1.29 is 23.5 Å². The second-order valence-electron chi connectivity index (χ2n) is 6.64. The topological polar surface area (TPSA) is 84.5 Å².